The Bertz CT molecular complexity index is 371. The van der Waals surface area contributed by atoms with Crippen LogP contribution in [0.2, 0.25) is 0 Å². The zero-order valence-corrected chi connectivity index (χ0v) is 9.62. The van der Waals surface area contributed by atoms with Crippen molar-refractivity contribution in [1.82, 2.24) is 0 Å². The first kappa shape index (κ1) is 11.5. The molecule has 78 valence electrons. The van der Waals surface area contributed by atoms with Crippen molar-refractivity contribution in [3.63, 3.8) is 0 Å². The largest absolute Gasteiger partial charge is 0.198 e. The number of hydrogen-bond donors (Lipinski definition) is 0. The van der Waals surface area contributed by atoms with Gasteiger partial charge in [0.2, 0.25) is 0 Å². The van der Waals surface area contributed by atoms with Gasteiger partial charge in [0.1, 0.15) is 0 Å². The molecule has 0 saturated heterocycles. The number of allylic oxidation sites excluding steroid dienone is 1. The Morgan fingerprint density at radius 2 is 1.80 bits per heavy atom. The van der Waals surface area contributed by atoms with Crippen molar-refractivity contribution < 1.29 is 0 Å². The Labute approximate surface area is 92.1 Å². The summed E-state index contributed by atoms with van der Waals surface area (Å²) in [5, 5.41) is 8.39. The molecule has 0 aliphatic rings. The topological polar surface area (TPSA) is 23.8 Å². The van der Waals surface area contributed by atoms with E-state index in [9.17, 15) is 0 Å². The lowest BCUT2D eigenvalue weighted by Gasteiger charge is -2.18. The lowest BCUT2D eigenvalue weighted by molar-refractivity contribution is 0.590. The summed E-state index contributed by atoms with van der Waals surface area (Å²) in [5.74, 6) is 0. The average Bonchev–Trinajstić information content (AvgIpc) is 2.18. The van der Waals surface area contributed by atoms with E-state index >= 15 is 0 Å². The molecule has 0 N–H and O–H groups in total. The van der Waals surface area contributed by atoms with Crippen molar-refractivity contribution in [3.05, 3.63) is 41.5 Å². The molecule has 1 aromatic carbocycles. The summed E-state index contributed by atoms with van der Waals surface area (Å²) in [6, 6.07) is 10.6. The van der Waals surface area contributed by atoms with E-state index < -0.39 is 0 Å². The second kappa shape index (κ2) is 4.79. The van der Waals surface area contributed by atoms with E-state index in [-0.39, 0.29) is 5.41 Å². The Hall–Kier alpha value is -1.55. The molecule has 0 amide bonds. The minimum atomic E-state index is 0.203. The van der Waals surface area contributed by atoms with Crippen molar-refractivity contribution >= 4 is 6.08 Å². The summed E-state index contributed by atoms with van der Waals surface area (Å²) >= 11 is 0. The third-order valence-electron chi connectivity index (χ3n) is 2.30. The molecule has 0 aliphatic heterocycles. The van der Waals surface area contributed by atoms with Crippen LogP contribution in [0.3, 0.4) is 0 Å². The first-order valence-corrected chi connectivity index (χ1v) is 5.18. The Balaban J connectivity index is 2.78. The number of benzene rings is 1. The molecule has 0 aliphatic carbocycles. The van der Waals surface area contributed by atoms with E-state index in [1.165, 1.54) is 5.56 Å². The normalized spacial score (nSPS) is 11.6. The molecule has 0 aromatic heterocycles. The maximum atomic E-state index is 8.39. The van der Waals surface area contributed by atoms with Gasteiger partial charge in [-0.1, -0.05) is 57.2 Å². The predicted octanol–water partition coefficient (Wildman–Crippen LogP) is 3.91. The van der Waals surface area contributed by atoms with Crippen molar-refractivity contribution in [2.24, 2.45) is 0 Å². The standard InChI is InChI=1S/C14H17N/c1-14(2,3)13-9-7-12(8-10-13)6-4-5-11-15/h4,6-10H,5H2,1-3H3. The second-order valence-corrected chi connectivity index (χ2v) is 4.64. The molecule has 1 heteroatoms. The highest BCUT2D eigenvalue weighted by Crippen LogP contribution is 2.22. The highest BCUT2D eigenvalue weighted by Gasteiger charge is 2.12. The van der Waals surface area contributed by atoms with Crippen LogP contribution in [-0.2, 0) is 5.41 Å². The molecule has 0 radical (unpaired) electrons. The van der Waals surface area contributed by atoms with Gasteiger partial charge >= 0.3 is 0 Å². The molecule has 1 rings (SSSR count). The highest BCUT2D eigenvalue weighted by atomic mass is 14.2. The van der Waals surface area contributed by atoms with Crippen LogP contribution in [0.4, 0.5) is 0 Å². The van der Waals surface area contributed by atoms with Crippen molar-refractivity contribution in [2.45, 2.75) is 32.6 Å². The molecule has 0 spiro atoms. The van der Waals surface area contributed by atoms with Gasteiger partial charge in [0.25, 0.3) is 0 Å². The Morgan fingerprint density at radius 1 is 1.20 bits per heavy atom. The van der Waals surface area contributed by atoms with Crippen LogP contribution in [0, 0.1) is 11.3 Å². The van der Waals surface area contributed by atoms with E-state index in [1.54, 1.807) is 0 Å². The fourth-order valence-electron chi connectivity index (χ4n) is 1.34. The zero-order valence-electron chi connectivity index (χ0n) is 9.62. The van der Waals surface area contributed by atoms with Crippen molar-refractivity contribution in [1.29, 1.82) is 5.26 Å². The van der Waals surface area contributed by atoms with Crippen molar-refractivity contribution in [2.75, 3.05) is 0 Å². The minimum Gasteiger partial charge on any atom is -0.198 e. The maximum Gasteiger partial charge on any atom is 0.0663 e. The lowest BCUT2D eigenvalue weighted by atomic mass is 9.87. The summed E-state index contributed by atoms with van der Waals surface area (Å²) in [7, 11) is 0. The summed E-state index contributed by atoms with van der Waals surface area (Å²) in [6.45, 7) is 6.61. The van der Waals surface area contributed by atoms with Gasteiger partial charge in [0.05, 0.1) is 12.5 Å². The van der Waals surface area contributed by atoms with Crippen LogP contribution in [-0.4, -0.2) is 0 Å². The SMILES string of the molecule is CC(C)(C)c1ccc(C=CCC#N)cc1. The molecule has 0 unspecified atom stereocenters. The smallest absolute Gasteiger partial charge is 0.0663 e. The molecule has 0 heterocycles. The predicted molar refractivity (Wildman–Crippen MR) is 64.4 cm³/mol. The second-order valence-electron chi connectivity index (χ2n) is 4.64. The first-order chi connectivity index (χ1) is 7.04. The van der Waals surface area contributed by atoms with E-state index in [2.05, 4.69) is 51.1 Å². The molecular formula is C14H17N. The fourth-order valence-corrected chi connectivity index (χ4v) is 1.34. The number of nitriles is 1. The van der Waals surface area contributed by atoms with Gasteiger partial charge in [-0.05, 0) is 16.5 Å². The van der Waals surface area contributed by atoms with E-state index in [0.717, 1.165) is 5.56 Å². The van der Waals surface area contributed by atoms with E-state index in [0.29, 0.717) is 6.42 Å². The highest BCUT2D eigenvalue weighted by molar-refractivity contribution is 5.50. The Kier molecular flexibility index (Phi) is 3.68. The number of rotatable bonds is 2. The third kappa shape index (κ3) is 3.59. The van der Waals surface area contributed by atoms with E-state index in [4.69, 9.17) is 5.26 Å². The molecule has 15 heavy (non-hydrogen) atoms. The quantitative estimate of drug-likeness (QED) is 0.708. The van der Waals surface area contributed by atoms with Gasteiger partial charge in [-0.3, -0.25) is 0 Å². The van der Waals surface area contributed by atoms with Gasteiger partial charge in [0, 0.05) is 0 Å². The van der Waals surface area contributed by atoms with Crippen LogP contribution in [0.15, 0.2) is 30.3 Å². The molecule has 1 aromatic rings. The summed E-state index contributed by atoms with van der Waals surface area (Å²) in [6.07, 6.45) is 4.34. The maximum absolute atomic E-state index is 8.39. The number of hydrogen-bond acceptors (Lipinski definition) is 1. The molecule has 0 fully saturated rings. The van der Waals surface area contributed by atoms with Gasteiger partial charge in [-0.15, -0.1) is 0 Å². The molecule has 1 nitrogen and oxygen atoms in total. The first-order valence-electron chi connectivity index (χ1n) is 5.18. The molecular weight excluding hydrogens is 182 g/mol. The summed E-state index contributed by atoms with van der Waals surface area (Å²) < 4.78 is 0. The summed E-state index contributed by atoms with van der Waals surface area (Å²) in [5.41, 5.74) is 2.69. The third-order valence-corrected chi connectivity index (χ3v) is 2.30. The molecule has 0 atom stereocenters. The van der Waals surface area contributed by atoms with Gasteiger partial charge < -0.3 is 0 Å². The van der Waals surface area contributed by atoms with Gasteiger partial charge in [-0.2, -0.15) is 5.26 Å². The minimum absolute atomic E-state index is 0.203. The molecule has 0 bridgehead atoms. The van der Waals surface area contributed by atoms with Crippen LogP contribution >= 0.6 is 0 Å². The zero-order chi connectivity index (χ0) is 11.3. The average molecular weight is 199 g/mol. The van der Waals surface area contributed by atoms with Crippen LogP contribution in [0.5, 0.6) is 0 Å². The molecule has 0 saturated carbocycles. The fraction of sp³-hybridized carbons (Fsp3) is 0.357. The monoisotopic (exact) mass is 199 g/mol. The van der Waals surface area contributed by atoms with Gasteiger partial charge in [-0.25, -0.2) is 0 Å². The van der Waals surface area contributed by atoms with Crippen LogP contribution in [0.25, 0.3) is 6.08 Å². The van der Waals surface area contributed by atoms with Crippen LogP contribution in [0.1, 0.15) is 38.3 Å². The van der Waals surface area contributed by atoms with Gasteiger partial charge in [0.15, 0.2) is 0 Å². The lowest BCUT2D eigenvalue weighted by Crippen LogP contribution is -2.10. The van der Waals surface area contributed by atoms with Crippen molar-refractivity contribution in [3.8, 4) is 6.07 Å². The Morgan fingerprint density at radius 3 is 2.27 bits per heavy atom. The van der Waals surface area contributed by atoms with E-state index in [1.807, 2.05) is 12.2 Å². The summed E-state index contributed by atoms with van der Waals surface area (Å²) in [4.78, 5) is 0. The van der Waals surface area contributed by atoms with Crippen LogP contribution < -0.4 is 0 Å². The number of nitrogens with zero attached hydrogens (tertiary/aromatic N) is 1.